The van der Waals surface area contributed by atoms with Crippen molar-refractivity contribution < 1.29 is 76.2 Å². The molecule has 0 bridgehead atoms. The van der Waals surface area contributed by atoms with Crippen molar-refractivity contribution in [3.05, 3.63) is 238 Å². The Morgan fingerprint density at radius 1 is 0.279 bits per heavy atom. The first-order chi connectivity index (χ1) is 48.4. The van der Waals surface area contributed by atoms with E-state index in [2.05, 4.69) is 195 Å². The van der Waals surface area contributed by atoms with Gasteiger partial charge in [0, 0.05) is 54.6 Å². The molecule has 12 rings (SSSR count). The Balaban J connectivity index is 0.000000161. The maximum atomic E-state index is 14.8. The summed E-state index contributed by atoms with van der Waals surface area (Å²) in [5, 5.41) is 0. The molecule has 4 aromatic carbocycles. The van der Waals surface area contributed by atoms with Gasteiger partial charge in [0.25, 0.3) is 0 Å². The standard InChI is InChI=1S/C23H30N2O.C22H25F3N2O.C21H24F2N2O.C21H26N2O/c1-15-13-16(2)21(22-25(8)11-12-26-22)17(3)20(15)19-14-18(23(4,5)6)9-10-24(19)7;1-14-17(19-13-15(21(2,3)4)7-8-26(19)5)11-16(22(23,24)25)12-18(14)20-27(6)9-10-28-20;1-13-18(17-11-14(21(2,3)4)7-8-24(17)5)15(22)12-16(23)19(13)20-25(6)9-10-26-20;1-15-17(8-7-9-18(15)20-23(6)12-13-24-20)19-14-16(21(2,3)4)10-11-22(19)5/h9-14H,1-8H3;7-13H,1-6H3;7-12H,1-6H3;7-14H,1-6H3/q4*+2. The van der Waals surface area contributed by atoms with Gasteiger partial charge in [-0.3, -0.25) is 0 Å². The largest absolute Gasteiger partial charge is 0.416 e. The molecule has 0 saturated carbocycles. The maximum absolute atomic E-state index is 14.8. The summed E-state index contributed by atoms with van der Waals surface area (Å²) in [6.45, 7) is 38.4. The van der Waals surface area contributed by atoms with Gasteiger partial charge in [-0.25, -0.2) is 27.0 Å². The third kappa shape index (κ3) is 16.6. The quantitative estimate of drug-likeness (QED) is 0.112. The van der Waals surface area contributed by atoms with Gasteiger partial charge in [0.2, 0.25) is 47.6 Å². The smallest absolute Gasteiger partial charge is 0.406 e. The lowest BCUT2D eigenvalue weighted by atomic mass is 9.85. The SMILES string of the molecule is Cc1c(-c2cc(C(C)(C)C)cc[n+]2C)c(F)cc(F)c1-c1occ[n+]1C.Cc1c(-c2cc(C(C)(C)C)cc[n+]2C)cc(C(F)(F)F)cc1-c1occ[n+]1C.Cc1c(-c2cc(C(C)(C)C)cc[n+]2C)cccc1-c1occ[n+]1C.Cc1cc(C)c(-c2occ[n+]2C)c(C)c1-c1cc(C(C)(C)C)cc[n+]1C. The fourth-order valence-corrected chi connectivity index (χ4v) is 13.2. The zero-order valence-electron chi connectivity index (χ0n) is 65.7. The fourth-order valence-electron chi connectivity index (χ4n) is 13.2. The molecular formula is C87H105F5N8O4+8. The first kappa shape index (κ1) is 78.1. The highest BCUT2D eigenvalue weighted by Gasteiger charge is 2.37. The van der Waals surface area contributed by atoms with Crippen LogP contribution in [0.4, 0.5) is 22.0 Å². The van der Waals surface area contributed by atoms with E-state index in [9.17, 15) is 22.0 Å². The van der Waals surface area contributed by atoms with Crippen molar-refractivity contribution in [2.45, 2.75) is 152 Å². The molecule has 0 radical (unpaired) electrons. The van der Waals surface area contributed by atoms with E-state index in [0.29, 0.717) is 39.7 Å². The van der Waals surface area contributed by atoms with Crippen LogP contribution in [0, 0.1) is 53.2 Å². The zero-order valence-corrected chi connectivity index (χ0v) is 65.7. The Kier molecular flexibility index (Phi) is 22.5. The van der Waals surface area contributed by atoms with E-state index >= 15 is 0 Å². The molecule has 0 aliphatic heterocycles. The minimum Gasteiger partial charge on any atom is -0.406 e. The van der Waals surface area contributed by atoms with Gasteiger partial charge in [0.15, 0.2) is 49.8 Å². The molecule has 0 fully saturated rings. The van der Waals surface area contributed by atoms with Crippen LogP contribution < -0.4 is 36.5 Å². The average Bonchev–Trinajstić information content (AvgIpc) is 1.25. The number of benzene rings is 4. The molecule has 544 valence electrons. The molecular weight excluding hydrogens is 1320 g/mol. The second-order valence-electron chi connectivity index (χ2n) is 31.7. The number of oxazole rings is 4. The lowest BCUT2D eigenvalue weighted by molar-refractivity contribution is -0.662. The summed E-state index contributed by atoms with van der Waals surface area (Å²) in [4.78, 5) is 0. The molecule has 12 nitrogen and oxygen atoms in total. The van der Waals surface area contributed by atoms with Crippen LogP contribution in [0.5, 0.6) is 0 Å². The molecule has 8 heterocycles. The number of hydrogen-bond acceptors (Lipinski definition) is 4. The molecule has 12 aromatic rings. The van der Waals surface area contributed by atoms with Crippen molar-refractivity contribution in [3.8, 4) is 90.8 Å². The topological polar surface area (TPSA) is 83.6 Å². The molecule has 8 aromatic heterocycles. The highest BCUT2D eigenvalue weighted by atomic mass is 19.4. The lowest BCUT2D eigenvalue weighted by Gasteiger charge is -2.20. The van der Waals surface area contributed by atoms with E-state index in [1.165, 1.54) is 80.1 Å². The summed E-state index contributed by atoms with van der Waals surface area (Å²) >= 11 is 0. The third-order valence-electron chi connectivity index (χ3n) is 19.7. The summed E-state index contributed by atoms with van der Waals surface area (Å²) in [5.74, 6) is 1.30. The summed E-state index contributed by atoms with van der Waals surface area (Å²) in [5.41, 5.74) is 20.8. The summed E-state index contributed by atoms with van der Waals surface area (Å²) in [6.07, 6.45) is 17.3. The van der Waals surface area contributed by atoms with Crippen molar-refractivity contribution in [1.82, 2.24) is 0 Å². The number of alkyl halides is 3. The molecule has 0 unspecified atom stereocenters. The predicted molar refractivity (Wildman–Crippen MR) is 396 cm³/mol. The minimum atomic E-state index is -4.46. The van der Waals surface area contributed by atoms with E-state index < -0.39 is 23.4 Å². The molecule has 0 N–H and O–H groups in total. The van der Waals surface area contributed by atoms with Gasteiger partial charge in [-0.15, -0.1) is 0 Å². The van der Waals surface area contributed by atoms with Crippen LogP contribution in [0.2, 0.25) is 0 Å². The van der Waals surface area contributed by atoms with Gasteiger partial charge in [-0.2, -0.15) is 31.4 Å². The zero-order chi connectivity index (χ0) is 76.8. The van der Waals surface area contributed by atoms with Gasteiger partial charge in [-0.05, 0) is 143 Å². The first-order valence-corrected chi connectivity index (χ1v) is 35.1. The van der Waals surface area contributed by atoms with Gasteiger partial charge < -0.3 is 17.7 Å². The average molecular weight is 1420 g/mol. The molecule has 0 aliphatic carbocycles. The number of aromatic nitrogens is 8. The normalized spacial score (nSPS) is 12.0. The van der Waals surface area contributed by atoms with Crippen molar-refractivity contribution in [1.29, 1.82) is 0 Å². The predicted octanol–water partition coefficient (Wildman–Crippen LogP) is 17.4. The lowest BCUT2D eigenvalue weighted by Crippen LogP contribution is -2.32. The van der Waals surface area contributed by atoms with Gasteiger partial charge in [0.05, 0.1) is 44.5 Å². The number of pyridine rings is 4. The first-order valence-electron chi connectivity index (χ1n) is 35.1. The van der Waals surface area contributed by atoms with E-state index in [0.717, 1.165) is 51.9 Å². The Bertz CT molecular complexity index is 4990. The molecule has 0 spiro atoms. The highest BCUT2D eigenvalue weighted by Crippen LogP contribution is 2.41. The fraction of sp³-hybridized carbons (Fsp3) is 0.356. The van der Waals surface area contributed by atoms with Crippen LogP contribution in [0.25, 0.3) is 90.8 Å². The Hall–Kier alpha value is -10.0. The van der Waals surface area contributed by atoms with E-state index in [4.69, 9.17) is 17.7 Å². The molecule has 104 heavy (non-hydrogen) atoms. The van der Waals surface area contributed by atoms with Gasteiger partial charge in [0.1, 0.15) is 73.6 Å². The number of rotatable bonds is 8. The van der Waals surface area contributed by atoms with Crippen molar-refractivity contribution in [3.63, 3.8) is 0 Å². The molecule has 0 aliphatic rings. The highest BCUT2D eigenvalue weighted by molar-refractivity contribution is 5.78. The van der Waals surface area contributed by atoms with E-state index in [1.807, 2.05) is 102 Å². The monoisotopic (exact) mass is 1420 g/mol. The summed E-state index contributed by atoms with van der Waals surface area (Å²) < 4.78 is 108. The molecule has 0 atom stereocenters. The Labute approximate surface area is 611 Å². The van der Waals surface area contributed by atoms with Crippen LogP contribution in [0.15, 0.2) is 183 Å². The number of nitrogens with zero attached hydrogens (tertiary/aromatic N) is 8. The van der Waals surface area contributed by atoms with Crippen LogP contribution in [0.3, 0.4) is 0 Å². The summed E-state index contributed by atoms with van der Waals surface area (Å²) in [6, 6.07) is 29.0. The third-order valence-corrected chi connectivity index (χ3v) is 19.7. The van der Waals surface area contributed by atoms with E-state index in [-0.39, 0.29) is 27.2 Å². The Morgan fingerprint density at radius 3 is 1.00 bits per heavy atom. The van der Waals surface area contributed by atoms with Gasteiger partial charge >= 0.3 is 29.7 Å². The van der Waals surface area contributed by atoms with Crippen LogP contribution >= 0.6 is 0 Å². The van der Waals surface area contributed by atoms with Crippen molar-refractivity contribution in [2.75, 3.05) is 0 Å². The number of halogens is 5. The second kappa shape index (κ2) is 30.0. The number of hydrogen-bond donors (Lipinski definition) is 0. The van der Waals surface area contributed by atoms with Crippen molar-refractivity contribution >= 4 is 0 Å². The summed E-state index contributed by atoms with van der Waals surface area (Å²) in [7, 11) is 15.5. The Morgan fingerprint density at radius 2 is 0.596 bits per heavy atom. The molecule has 0 saturated heterocycles. The van der Waals surface area contributed by atoms with E-state index in [1.54, 1.807) is 55.1 Å². The maximum Gasteiger partial charge on any atom is 0.416 e. The van der Waals surface area contributed by atoms with Crippen LogP contribution in [-0.4, -0.2) is 0 Å². The van der Waals surface area contributed by atoms with Crippen LogP contribution in [0.1, 0.15) is 144 Å². The van der Waals surface area contributed by atoms with Crippen molar-refractivity contribution in [2.24, 2.45) is 56.4 Å². The number of aryl methyl sites for hydroxylation is 10. The molecule has 17 heteroatoms. The van der Waals surface area contributed by atoms with Crippen LogP contribution in [-0.2, 0) is 84.2 Å². The van der Waals surface area contributed by atoms with Gasteiger partial charge in [-0.1, -0.05) is 95.2 Å². The minimum absolute atomic E-state index is 0.0797. The molecule has 0 amide bonds. The second-order valence-corrected chi connectivity index (χ2v) is 31.7.